The lowest BCUT2D eigenvalue weighted by Crippen LogP contribution is -2.30. The van der Waals surface area contributed by atoms with E-state index in [4.69, 9.17) is 0 Å². The van der Waals surface area contributed by atoms with Crippen LogP contribution in [0.3, 0.4) is 0 Å². The van der Waals surface area contributed by atoms with Crippen LogP contribution in [-0.2, 0) is 0 Å². The van der Waals surface area contributed by atoms with Gasteiger partial charge in [0, 0.05) is 6.04 Å². The molecule has 0 spiro atoms. The first-order chi connectivity index (χ1) is 3.39. The van der Waals surface area contributed by atoms with Gasteiger partial charge in [0.05, 0.1) is 0 Å². The highest BCUT2D eigenvalue weighted by molar-refractivity contribution is 7.59. The van der Waals surface area contributed by atoms with Crippen LogP contribution in [0.1, 0.15) is 26.2 Å². The molecule has 1 aliphatic heterocycles. The van der Waals surface area contributed by atoms with E-state index in [2.05, 4.69) is 12.2 Å². The lowest BCUT2D eigenvalue weighted by atomic mass is 10.1. The van der Waals surface area contributed by atoms with Gasteiger partial charge in [0.1, 0.15) is 0 Å². The summed E-state index contributed by atoms with van der Waals surface area (Å²) in [6, 6.07) is 0.786. The molecule has 1 unspecified atom stereocenters. The molecule has 0 aromatic carbocycles. The first-order valence-corrected chi connectivity index (χ1v) is 3.13. The second-order valence-electron chi connectivity index (χ2n) is 2.35. The molecule has 1 saturated heterocycles. The molecule has 1 nitrogen and oxygen atoms in total. The summed E-state index contributed by atoms with van der Waals surface area (Å²) < 4.78 is 0. The molecule has 0 amide bonds. The molecule has 1 atom stereocenters. The van der Waals surface area contributed by atoms with E-state index in [1.165, 1.54) is 25.8 Å². The van der Waals surface area contributed by atoms with Gasteiger partial charge < -0.3 is 5.32 Å². The maximum absolute atomic E-state index is 3.38. The fourth-order valence-corrected chi connectivity index (χ4v) is 1.03. The fourth-order valence-electron chi connectivity index (χ4n) is 1.03. The van der Waals surface area contributed by atoms with Gasteiger partial charge in [-0.05, 0) is 26.3 Å². The summed E-state index contributed by atoms with van der Waals surface area (Å²) in [5.41, 5.74) is 0. The minimum Gasteiger partial charge on any atom is -0.314 e. The molecule has 8 heavy (non-hydrogen) atoms. The number of hydrogen-bond donors (Lipinski definition) is 1. The first-order valence-electron chi connectivity index (χ1n) is 3.13. The standard InChI is InChI=1S/C6H13N.H2S/c1-6-4-2-3-5-7-6;/h6-7H,2-5H2,1H3;1H2. The summed E-state index contributed by atoms with van der Waals surface area (Å²) in [7, 11) is 0. The van der Waals surface area contributed by atoms with Crippen molar-refractivity contribution in [3.05, 3.63) is 0 Å². The minimum atomic E-state index is 0. The Morgan fingerprint density at radius 3 is 2.38 bits per heavy atom. The Hall–Kier alpha value is 0.310. The number of hydrogen-bond acceptors (Lipinski definition) is 1. The van der Waals surface area contributed by atoms with Crippen LogP contribution in [0.25, 0.3) is 0 Å². The summed E-state index contributed by atoms with van der Waals surface area (Å²) in [6.07, 6.45) is 4.18. The van der Waals surface area contributed by atoms with E-state index in [0.717, 1.165) is 6.04 Å². The van der Waals surface area contributed by atoms with E-state index in [-0.39, 0.29) is 13.5 Å². The van der Waals surface area contributed by atoms with Crippen LogP contribution in [-0.4, -0.2) is 12.6 Å². The van der Waals surface area contributed by atoms with Gasteiger partial charge in [0.2, 0.25) is 0 Å². The van der Waals surface area contributed by atoms with Crippen molar-refractivity contribution < 1.29 is 0 Å². The van der Waals surface area contributed by atoms with Crippen LogP contribution >= 0.6 is 13.5 Å². The fraction of sp³-hybridized carbons (Fsp3) is 1.00. The largest absolute Gasteiger partial charge is 0.314 e. The van der Waals surface area contributed by atoms with E-state index >= 15 is 0 Å². The Balaban J connectivity index is 0.000000490. The van der Waals surface area contributed by atoms with Gasteiger partial charge >= 0.3 is 0 Å². The molecule has 1 heterocycles. The van der Waals surface area contributed by atoms with Gasteiger partial charge in [0.25, 0.3) is 0 Å². The Labute approximate surface area is 58.3 Å². The second kappa shape index (κ2) is 4.21. The van der Waals surface area contributed by atoms with Gasteiger partial charge in [-0.2, -0.15) is 13.5 Å². The Morgan fingerprint density at radius 2 is 2.12 bits per heavy atom. The SMILES string of the molecule is CC1CCCCN1.S. The molecule has 0 radical (unpaired) electrons. The van der Waals surface area contributed by atoms with Crippen molar-refractivity contribution in [2.45, 2.75) is 32.2 Å². The molecular formula is C6H15NS. The summed E-state index contributed by atoms with van der Waals surface area (Å²) in [4.78, 5) is 0. The van der Waals surface area contributed by atoms with Gasteiger partial charge in [-0.25, -0.2) is 0 Å². The zero-order chi connectivity index (χ0) is 5.11. The van der Waals surface area contributed by atoms with E-state index in [1.807, 2.05) is 0 Å². The third-order valence-electron chi connectivity index (χ3n) is 1.56. The van der Waals surface area contributed by atoms with Gasteiger partial charge in [-0.3, -0.25) is 0 Å². The zero-order valence-electron chi connectivity index (χ0n) is 5.41. The molecule has 0 aromatic rings. The monoisotopic (exact) mass is 133 g/mol. The molecule has 2 heteroatoms. The molecule has 0 aromatic heterocycles. The molecule has 1 N–H and O–H groups in total. The van der Waals surface area contributed by atoms with Crippen LogP contribution in [0.2, 0.25) is 0 Å². The predicted octanol–water partition coefficient (Wildman–Crippen LogP) is 1.26. The van der Waals surface area contributed by atoms with Gasteiger partial charge in [-0.15, -0.1) is 0 Å². The number of piperidine rings is 1. The minimum absolute atomic E-state index is 0. The first kappa shape index (κ1) is 8.31. The summed E-state index contributed by atoms with van der Waals surface area (Å²) in [5, 5.41) is 3.38. The van der Waals surface area contributed by atoms with Crippen molar-refractivity contribution in [3.8, 4) is 0 Å². The van der Waals surface area contributed by atoms with E-state index in [0.29, 0.717) is 0 Å². The smallest absolute Gasteiger partial charge is 0.00387 e. The van der Waals surface area contributed by atoms with Crippen LogP contribution in [0, 0.1) is 0 Å². The van der Waals surface area contributed by atoms with Crippen LogP contribution in [0.15, 0.2) is 0 Å². The van der Waals surface area contributed by atoms with E-state index in [9.17, 15) is 0 Å². The number of rotatable bonds is 0. The third-order valence-corrected chi connectivity index (χ3v) is 1.56. The average molecular weight is 133 g/mol. The van der Waals surface area contributed by atoms with Gasteiger partial charge in [-0.1, -0.05) is 6.42 Å². The topological polar surface area (TPSA) is 12.0 Å². The third kappa shape index (κ3) is 2.58. The van der Waals surface area contributed by atoms with Crippen molar-refractivity contribution in [1.82, 2.24) is 5.32 Å². The van der Waals surface area contributed by atoms with Gasteiger partial charge in [0.15, 0.2) is 0 Å². The quantitative estimate of drug-likeness (QED) is 0.524. The second-order valence-corrected chi connectivity index (χ2v) is 2.35. The van der Waals surface area contributed by atoms with Crippen molar-refractivity contribution in [3.63, 3.8) is 0 Å². The zero-order valence-corrected chi connectivity index (χ0v) is 6.41. The molecule has 0 aliphatic carbocycles. The highest BCUT2D eigenvalue weighted by Crippen LogP contribution is 2.04. The van der Waals surface area contributed by atoms with Crippen molar-refractivity contribution in [2.24, 2.45) is 0 Å². The molecule has 50 valence electrons. The normalized spacial score (nSPS) is 28.9. The highest BCUT2D eigenvalue weighted by atomic mass is 32.1. The predicted molar refractivity (Wildman–Crippen MR) is 41.7 cm³/mol. The van der Waals surface area contributed by atoms with Crippen LogP contribution in [0.5, 0.6) is 0 Å². The molecule has 0 saturated carbocycles. The van der Waals surface area contributed by atoms with E-state index < -0.39 is 0 Å². The van der Waals surface area contributed by atoms with Crippen molar-refractivity contribution in [1.29, 1.82) is 0 Å². The molecule has 1 rings (SSSR count). The molecular weight excluding hydrogens is 118 g/mol. The Kier molecular flexibility index (Phi) is 4.38. The van der Waals surface area contributed by atoms with Crippen LogP contribution in [0.4, 0.5) is 0 Å². The summed E-state index contributed by atoms with van der Waals surface area (Å²) >= 11 is 0. The maximum Gasteiger partial charge on any atom is 0.00387 e. The molecule has 0 bridgehead atoms. The number of nitrogens with one attached hydrogen (secondary N) is 1. The summed E-state index contributed by atoms with van der Waals surface area (Å²) in [5.74, 6) is 0. The lowest BCUT2D eigenvalue weighted by Gasteiger charge is -2.18. The average Bonchev–Trinajstić information content (AvgIpc) is 1.69. The maximum atomic E-state index is 3.38. The molecule has 1 aliphatic rings. The highest BCUT2D eigenvalue weighted by Gasteiger charge is 2.04. The lowest BCUT2D eigenvalue weighted by molar-refractivity contribution is 0.425. The van der Waals surface area contributed by atoms with Crippen LogP contribution < -0.4 is 5.32 Å². The Morgan fingerprint density at radius 1 is 1.38 bits per heavy atom. The van der Waals surface area contributed by atoms with E-state index in [1.54, 1.807) is 0 Å². The van der Waals surface area contributed by atoms with Crippen molar-refractivity contribution >= 4 is 13.5 Å². The van der Waals surface area contributed by atoms with Crippen molar-refractivity contribution in [2.75, 3.05) is 6.54 Å². The molecule has 1 fully saturated rings. The summed E-state index contributed by atoms with van der Waals surface area (Å²) in [6.45, 7) is 3.49. The Bertz CT molecular complexity index is 50.5.